The minimum absolute atomic E-state index is 0.0115. The smallest absolute Gasteiger partial charge is 0.329 e. The number of anilines is 1. The lowest BCUT2D eigenvalue weighted by molar-refractivity contribution is -0.172. The molecule has 2 amide bonds. The molecular formula is C24H22N2O5. The van der Waals surface area contributed by atoms with Gasteiger partial charge < -0.3 is 19.4 Å². The number of para-hydroxylation sites is 1. The summed E-state index contributed by atoms with van der Waals surface area (Å²) in [6.45, 7) is 1.85. The zero-order valence-corrected chi connectivity index (χ0v) is 17.0. The van der Waals surface area contributed by atoms with Crippen LogP contribution in [0.25, 0.3) is 0 Å². The highest BCUT2D eigenvalue weighted by Gasteiger charge is 2.50. The largest absolute Gasteiger partial charge is 0.464 e. The van der Waals surface area contributed by atoms with Gasteiger partial charge >= 0.3 is 5.97 Å². The Hall–Kier alpha value is -3.87. The fourth-order valence-electron chi connectivity index (χ4n) is 3.50. The van der Waals surface area contributed by atoms with E-state index < -0.39 is 24.0 Å². The maximum Gasteiger partial charge on any atom is 0.329 e. The molecule has 1 saturated heterocycles. The van der Waals surface area contributed by atoms with Crippen LogP contribution in [0.2, 0.25) is 0 Å². The van der Waals surface area contributed by atoms with E-state index in [4.69, 9.17) is 9.15 Å². The summed E-state index contributed by atoms with van der Waals surface area (Å²) >= 11 is 0. The lowest BCUT2D eigenvalue weighted by Gasteiger charge is -2.42. The number of hydrogen-bond acceptors (Lipinski definition) is 5. The van der Waals surface area contributed by atoms with E-state index in [1.807, 2.05) is 36.4 Å². The second kappa shape index (κ2) is 8.87. The van der Waals surface area contributed by atoms with Crippen LogP contribution in [-0.2, 0) is 25.7 Å². The molecule has 0 bridgehead atoms. The third-order valence-electron chi connectivity index (χ3n) is 5.09. The fraction of sp³-hybridized carbons (Fsp3) is 0.208. The van der Waals surface area contributed by atoms with Crippen molar-refractivity contribution in [3.63, 3.8) is 0 Å². The molecule has 1 N–H and O–H groups in total. The Labute approximate surface area is 179 Å². The average Bonchev–Trinajstić information content (AvgIpc) is 3.21. The number of amides is 2. The molecule has 0 radical (unpaired) electrons. The third kappa shape index (κ3) is 4.50. The minimum Gasteiger partial charge on any atom is -0.464 e. The van der Waals surface area contributed by atoms with Gasteiger partial charge in [0.1, 0.15) is 24.2 Å². The molecule has 7 heteroatoms. The molecule has 3 aromatic rings. The first kappa shape index (κ1) is 20.4. The number of furan rings is 1. The SMILES string of the molecule is Cc1ccc(C(C(=O)Nc2ccccc2)N2C(=O)C[C@H]2C(=O)OCc2ccccc2)o1. The van der Waals surface area contributed by atoms with Crippen molar-refractivity contribution in [3.05, 3.63) is 89.9 Å². The maximum absolute atomic E-state index is 13.1. The van der Waals surface area contributed by atoms with Crippen molar-refractivity contribution in [2.75, 3.05) is 5.32 Å². The molecular weight excluding hydrogens is 396 g/mol. The Kier molecular flexibility index (Phi) is 5.84. The molecule has 1 fully saturated rings. The predicted octanol–water partition coefficient (Wildman–Crippen LogP) is 3.61. The second-order valence-electron chi connectivity index (χ2n) is 7.32. The highest BCUT2D eigenvalue weighted by Crippen LogP contribution is 2.34. The maximum atomic E-state index is 13.1. The van der Waals surface area contributed by atoms with Crippen LogP contribution in [0, 0.1) is 6.92 Å². The van der Waals surface area contributed by atoms with E-state index in [9.17, 15) is 14.4 Å². The van der Waals surface area contributed by atoms with Gasteiger partial charge in [-0.2, -0.15) is 0 Å². The summed E-state index contributed by atoms with van der Waals surface area (Å²) in [6.07, 6.45) is -0.0115. The van der Waals surface area contributed by atoms with Gasteiger partial charge in [0.25, 0.3) is 5.91 Å². The van der Waals surface area contributed by atoms with Gasteiger partial charge in [0.15, 0.2) is 6.04 Å². The number of carbonyl (C=O) groups is 3. The fourth-order valence-corrected chi connectivity index (χ4v) is 3.50. The number of ether oxygens (including phenoxy) is 1. The summed E-state index contributed by atoms with van der Waals surface area (Å²) in [5.74, 6) is -0.439. The molecule has 0 spiro atoms. The number of esters is 1. The van der Waals surface area contributed by atoms with Gasteiger partial charge in [0.2, 0.25) is 5.91 Å². The summed E-state index contributed by atoms with van der Waals surface area (Å²) in [5.41, 5.74) is 1.42. The van der Waals surface area contributed by atoms with E-state index in [2.05, 4.69) is 5.32 Å². The molecule has 2 heterocycles. The molecule has 0 saturated carbocycles. The lowest BCUT2D eigenvalue weighted by atomic mass is 9.96. The van der Waals surface area contributed by atoms with E-state index >= 15 is 0 Å². The topological polar surface area (TPSA) is 88.9 Å². The summed E-state index contributed by atoms with van der Waals surface area (Å²) in [4.78, 5) is 39.6. The molecule has 2 aromatic carbocycles. The Morgan fingerprint density at radius 2 is 1.74 bits per heavy atom. The molecule has 158 valence electrons. The van der Waals surface area contributed by atoms with Gasteiger partial charge in [0.05, 0.1) is 6.42 Å². The van der Waals surface area contributed by atoms with Crippen molar-refractivity contribution in [2.45, 2.75) is 32.0 Å². The number of benzene rings is 2. The van der Waals surface area contributed by atoms with Crippen LogP contribution < -0.4 is 5.32 Å². The molecule has 4 rings (SSSR count). The van der Waals surface area contributed by atoms with Crippen molar-refractivity contribution >= 4 is 23.5 Å². The number of nitrogens with one attached hydrogen (secondary N) is 1. The summed E-state index contributed by atoms with van der Waals surface area (Å²) in [7, 11) is 0. The van der Waals surface area contributed by atoms with Gasteiger partial charge in [-0.3, -0.25) is 9.59 Å². The highest BCUT2D eigenvalue weighted by molar-refractivity contribution is 6.02. The minimum atomic E-state index is -1.08. The third-order valence-corrected chi connectivity index (χ3v) is 5.09. The van der Waals surface area contributed by atoms with Gasteiger partial charge in [-0.05, 0) is 36.8 Å². The molecule has 1 unspecified atom stereocenters. The van der Waals surface area contributed by atoms with Crippen molar-refractivity contribution in [1.82, 2.24) is 4.90 Å². The summed E-state index contributed by atoms with van der Waals surface area (Å²) < 4.78 is 11.1. The summed E-state index contributed by atoms with van der Waals surface area (Å²) in [5, 5.41) is 2.79. The molecule has 7 nitrogen and oxygen atoms in total. The lowest BCUT2D eigenvalue weighted by Crippen LogP contribution is -2.60. The first-order valence-corrected chi connectivity index (χ1v) is 9.97. The van der Waals surface area contributed by atoms with Gasteiger partial charge in [-0.15, -0.1) is 0 Å². The van der Waals surface area contributed by atoms with E-state index in [1.54, 1.807) is 43.3 Å². The van der Waals surface area contributed by atoms with E-state index in [0.29, 0.717) is 17.2 Å². The normalized spacial score (nSPS) is 16.4. The Balaban J connectivity index is 1.53. The van der Waals surface area contributed by atoms with Gasteiger partial charge in [-0.25, -0.2) is 4.79 Å². The molecule has 1 aliphatic rings. The van der Waals surface area contributed by atoms with E-state index in [0.717, 1.165) is 5.56 Å². The van der Waals surface area contributed by atoms with E-state index in [-0.39, 0.29) is 18.9 Å². The Morgan fingerprint density at radius 1 is 1.06 bits per heavy atom. The molecule has 31 heavy (non-hydrogen) atoms. The first-order valence-electron chi connectivity index (χ1n) is 9.97. The van der Waals surface area contributed by atoms with Gasteiger partial charge in [0, 0.05) is 5.69 Å². The summed E-state index contributed by atoms with van der Waals surface area (Å²) in [6, 6.07) is 19.6. The monoisotopic (exact) mass is 418 g/mol. The van der Waals surface area contributed by atoms with Crippen LogP contribution in [0.3, 0.4) is 0 Å². The number of rotatable bonds is 7. The number of likely N-dealkylation sites (tertiary alicyclic amines) is 1. The molecule has 0 aliphatic carbocycles. The number of carbonyl (C=O) groups excluding carboxylic acids is 3. The number of nitrogens with zero attached hydrogens (tertiary/aromatic N) is 1. The number of aryl methyl sites for hydroxylation is 1. The van der Waals surface area contributed by atoms with E-state index in [1.165, 1.54) is 4.90 Å². The van der Waals surface area contributed by atoms with Crippen LogP contribution in [0.1, 0.15) is 29.5 Å². The predicted molar refractivity (Wildman–Crippen MR) is 113 cm³/mol. The van der Waals surface area contributed by atoms with Crippen LogP contribution in [0.4, 0.5) is 5.69 Å². The Bertz CT molecular complexity index is 1080. The van der Waals surface area contributed by atoms with Crippen molar-refractivity contribution in [1.29, 1.82) is 0 Å². The molecule has 2 atom stereocenters. The second-order valence-corrected chi connectivity index (χ2v) is 7.32. The number of β-lactam (4-membered cyclic amide) rings is 1. The molecule has 1 aliphatic heterocycles. The van der Waals surface area contributed by atoms with Crippen molar-refractivity contribution in [2.24, 2.45) is 0 Å². The highest BCUT2D eigenvalue weighted by atomic mass is 16.5. The van der Waals surface area contributed by atoms with Crippen LogP contribution >= 0.6 is 0 Å². The van der Waals surface area contributed by atoms with Crippen LogP contribution in [-0.4, -0.2) is 28.7 Å². The standard InChI is InChI=1S/C24H22N2O5/c1-16-12-13-20(31-16)22(23(28)25-18-10-6-3-7-11-18)26-19(14-21(26)27)24(29)30-15-17-8-4-2-5-9-17/h2-13,19,22H,14-15H2,1H3,(H,25,28)/t19-,22?/m0/s1. The molecule has 1 aromatic heterocycles. The van der Waals surface area contributed by atoms with Crippen LogP contribution in [0.15, 0.2) is 77.2 Å². The van der Waals surface area contributed by atoms with Crippen LogP contribution in [0.5, 0.6) is 0 Å². The zero-order valence-electron chi connectivity index (χ0n) is 17.0. The van der Waals surface area contributed by atoms with Gasteiger partial charge in [-0.1, -0.05) is 48.5 Å². The first-order chi connectivity index (χ1) is 15.0. The Morgan fingerprint density at radius 3 is 2.35 bits per heavy atom. The average molecular weight is 418 g/mol. The quantitative estimate of drug-likeness (QED) is 0.468. The number of hydrogen-bond donors (Lipinski definition) is 1. The van der Waals surface area contributed by atoms with Crippen molar-refractivity contribution < 1.29 is 23.5 Å². The van der Waals surface area contributed by atoms with Crippen molar-refractivity contribution in [3.8, 4) is 0 Å². The zero-order chi connectivity index (χ0) is 21.8.